The first-order valence-electron chi connectivity index (χ1n) is 14.0. The molecular weight excluding hydrogens is 591 g/mol. The molecule has 5 aromatic rings. The van der Waals surface area contributed by atoms with E-state index in [4.69, 9.17) is 4.42 Å². The van der Waals surface area contributed by atoms with Gasteiger partial charge in [0.05, 0.1) is 16.0 Å². The summed E-state index contributed by atoms with van der Waals surface area (Å²) in [5.41, 5.74) is 1.16. The van der Waals surface area contributed by atoms with Crippen LogP contribution >= 0.6 is 11.3 Å². The number of hydrogen-bond donors (Lipinski definition) is 1. The number of alkyl halides is 3. The number of fused-ring (bicyclic) bond motifs is 1. The van der Waals surface area contributed by atoms with Gasteiger partial charge in [-0.05, 0) is 61.2 Å². The summed E-state index contributed by atoms with van der Waals surface area (Å²) in [5, 5.41) is 5.46. The molecule has 2 amide bonds. The number of carbonyl (C=O) groups excluding carboxylic acids is 2. The van der Waals surface area contributed by atoms with Crippen LogP contribution in [0.15, 0.2) is 87.4 Å². The number of benzene rings is 3. The van der Waals surface area contributed by atoms with Crippen molar-refractivity contribution in [1.82, 2.24) is 9.88 Å². The highest BCUT2D eigenvalue weighted by atomic mass is 32.1. The zero-order chi connectivity index (χ0) is 31.0. The molecule has 3 aromatic carbocycles. The Morgan fingerprint density at radius 2 is 1.66 bits per heavy atom. The van der Waals surface area contributed by atoms with Crippen molar-refractivity contribution < 1.29 is 27.2 Å². The lowest BCUT2D eigenvalue weighted by molar-refractivity contribution is -0.137. The third kappa shape index (κ3) is 5.74. The molecule has 1 fully saturated rings. The van der Waals surface area contributed by atoms with Crippen LogP contribution in [0.4, 0.5) is 18.9 Å². The smallest absolute Gasteiger partial charge is 0.416 e. The van der Waals surface area contributed by atoms with Gasteiger partial charge in [-0.1, -0.05) is 42.5 Å². The number of aromatic nitrogens is 1. The second-order valence-corrected chi connectivity index (χ2v) is 11.5. The van der Waals surface area contributed by atoms with Gasteiger partial charge in [-0.15, -0.1) is 11.3 Å². The highest BCUT2D eigenvalue weighted by molar-refractivity contribution is 7.10. The molecule has 1 saturated heterocycles. The van der Waals surface area contributed by atoms with Crippen molar-refractivity contribution in [3.05, 3.63) is 116 Å². The molecule has 11 heteroatoms. The van der Waals surface area contributed by atoms with E-state index < -0.39 is 17.6 Å². The average Bonchev–Trinajstić information content (AvgIpc) is 3.53. The SMILES string of the molecule is Cc1oc2ccccc2c(=O)c1NC(=O)c1csc(C2CCN(C(=O)c3ccccc3-c3ccc(C(F)(F)F)cc3)CC2)n1. The Balaban J connectivity index is 1.12. The zero-order valence-electron chi connectivity index (χ0n) is 23.5. The number of carbonyl (C=O) groups is 2. The van der Waals surface area contributed by atoms with Crippen molar-refractivity contribution >= 4 is 39.8 Å². The average molecular weight is 618 g/mol. The third-order valence-electron chi connectivity index (χ3n) is 7.78. The number of hydrogen-bond acceptors (Lipinski definition) is 6. The molecule has 0 spiro atoms. The van der Waals surface area contributed by atoms with Crippen molar-refractivity contribution in [3.63, 3.8) is 0 Å². The van der Waals surface area contributed by atoms with Gasteiger partial charge >= 0.3 is 6.18 Å². The summed E-state index contributed by atoms with van der Waals surface area (Å²) in [4.78, 5) is 45.8. The number of nitrogens with one attached hydrogen (secondary N) is 1. The number of halogens is 3. The van der Waals surface area contributed by atoms with Crippen molar-refractivity contribution in [2.75, 3.05) is 18.4 Å². The largest absolute Gasteiger partial charge is 0.459 e. The third-order valence-corrected chi connectivity index (χ3v) is 8.79. The van der Waals surface area contributed by atoms with Crippen molar-refractivity contribution in [2.45, 2.75) is 31.9 Å². The van der Waals surface area contributed by atoms with Crippen LogP contribution in [0.25, 0.3) is 22.1 Å². The maximum absolute atomic E-state index is 13.5. The molecule has 0 radical (unpaired) electrons. The number of para-hydroxylation sites is 1. The summed E-state index contributed by atoms with van der Waals surface area (Å²) >= 11 is 1.36. The Morgan fingerprint density at radius 3 is 2.39 bits per heavy atom. The fourth-order valence-electron chi connectivity index (χ4n) is 5.42. The molecule has 44 heavy (non-hydrogen) atoms. The number of rotatable bonds is 5. The summed E-state index contributed by atoms with van der Waals surface area (Å²) in [6, 6.07) is 18.5. The van der Waals surface area contributed by atoms with E-state index in [9.17, 15) is 27.6 Å². The lowest BCUT2D eigenvalue weighted by Crippen LogP contribution is -2.38. The molecule has 224 valence electrons. The van der Waals surface area contributed by atoms with Crippen LogP contribution in [0.3, 0.4) is 0 Å². The molecule has 0 bridgehead atoms. The van der Waals surface area contributed by atoms with Gasteiger partial charge in [0.15, 0.2) is 0 Å². The molecule has 0 atom stereocenters. The van der Waals surface area contributed by atoms with Crippen LogP contribution in [0.5, 0.6) is 0 Å². The maximum Gasteiger partial charge on any atom is 0.416 e. The molecule has 0 unspecified atom stereocenters. The first-order chi connectivity index (χ1) is 21.1. The first kappa shape index (κ1) is 29.3. The minimum absolute atomic E-state index is 0.0447. The van der Waals surface area contributed by atoms with E-state index in [1.807, 2.05) is 0 Å². The Kier molecular flexibility index (Phi) is 7.81. The van der Waals surface area contributed by atoms with Crippen LogP contribution in [0, 0.1) is 6.92 Å². The van der Waals surface area contributed by atoms with Crippen LogP contribution in [-0.2, 0) is 6.18 Å². The molecule has 0 saturated carbocycles. The number of aryl methyl sites for hydroxylation is 1. The Morgan fingerprint density at radius 1 is 0.977 bits per heavy atom. The standard InChI is InChI=1S/C33H26F3N3O4S/c1-19-28(29(40)25-8-4-5-9-27(25)43-19)38-30(41)26-18-44-31(37-26)21-14-16-39(17-15-21)32(42)24-7-3-2-6-23(24)20-10-12-22(13-11-20)33(34,35)36/h2-13,18,21H,14-17H2,1H3,(H,38,41). The fraction of sp³-hybridized carbons (Fsp3) is 0.212. The zero-order valence-corrected chi connectivity index (χ0v) is 24.3. The van der Waals surface area contributed by atoms with E-state index in [2.05, 4.69) is 10.3 Å². The van der Waals surface area contributed by atoms with Gasteiger partial charge in [-0.3, -0.25) is 14.4 Å². The maximum atomic E-state index is 13.5. The predicted molar refractivity (Wildman–Crippen MR) is 162 cm³/mol. The highest BCUT2D eigenvalue weighted by Crippen LogP contribution is 2.34. The van der Waals surface area contributed by atoms with Crippen molar-refractivity contribution in [1.29, 1.82) is 0 Å². The van der Waals surface area contributed by atoms with Crippen LogP contribution in [0.1, 0.15) is 55.9 Å². The Bertz CT molecular complexity index is 1920. The normalized spacial score (nSPS) is 14.1. The topological polar surface area (TPSA) is 92.5 Å². The highest BCUT2D eigenvalue weighted by Gasteiger charge is 2.31. The predicted octanol–water partition coefficient (Wildman–Crippen LogP) is 7.52. The van der Waals surface area contributed by atoms with Gasteiger partial charge in [0.1, 0.15) is 22.7 Å². The Labute approximate surface area is 254 Å². The molecule has 7 nitrogen and oxygen atoms in total. The lowest BCUT2D eigenvalue weighted by atomic mass is 9.94. The lowest BCUT2D eigenvalue weighted by Gasteiger charge is -2.31. The van der Waals surface area contributed by atoms with E-state index in [0.717, 1.165) is 17.1 Å². The van der Waals surface area contributed by atoms with Gasteiger partial charge in [-0.2, -0.15) is 13.2 Å². The number of thiazole rings is 1. The molecule has 1 aliphatic rings. The number of nitrogens with zero attached hydrogens (tertiary/aromatic N) is 2. The monoisotopic (exact) mass is 617 g/mol. The van der Waals surface area contributed by atoms with E-state index in [1.165, 1.54) is 23.5 Å². The van der Waals surface area contributed by atoms with E-state index in [1.54, 1.807) is 65.7 Å². The second-order valence-electron chi connectivity index (χ2n) is 10.6. The van der Waals surface area contributed by atoms with Crippen molar-refractivity contribution in [3.8, 4) is 11.1 Å². The van der Waals surface area contributed by atoms with E-state index in [0.29, 0.717) is 59.4 Å². The summed E-state index contributed by atoms with van der Waals surface area (Å²) in [5.74, 6) is -0.355. The quantitative estimate of drug-likeness (QED) is 0.220. The summed E-state index contributed by atoms with van der Waals surface area (Å²) in [6.45, 7) is 2.54. The van der Waals surface area contributed by atoms with Gasteiger partial charge in [-0.25, -0.2) is 4.98 Å². The minimum atomic E-state index is -4.44. The first-order valence-corrected chi connectivity index (χ1v) is 14.8. The van der Waals surface area contributed by atoms with Crippen LogP contribution in [0.2, 0.25) is 0 Å². The molecule has 6 rings (SSSR count). The summed E-state index contributed by atoms with van der Waals surface area (Å²) in [7, 11) is 0. The van der Waals surface area contributed by atoms with Crippen molar-refractivity contribution in [2.24, 2.45) is 0 Å². The number of likely N-dealkylation sites (tertiary alicyclic amines) is 1. The van der Waals surface area contributed by atoms with Gasteiger partial charge in [0.2, 0.25) is 5.43 Å². The fourth-order valence-corrected chi connectivity index (χ4v) is 6.39. The van der Waals surface area contributed by atoms with E-state index >= 15 is 0 Å². The number of amides is 2. The molecule has 1 aliphatic heterocycles. The molecule has 0 aliphatic carbocycles. The summed E-state index contributed by atoms with van der Waals surface area (Å²) < 4.78 is 44.8. The van der Waals surface area contributed by atoms with Crippen LogP contribution < -0.4 is 10.7 Å². The Hall–Kier alpha value is -4.77. The van der Waals surface area contributed by atoms with Crippen LogP contribution in [-0.4, -0.2) is 34.8 Å². The van der Waals surface area contributed by atoms with E-state index in [-0.39, 0.29) is 28.6 Å². The number of anilines is 1. The minimum Gasteiger partial charge on any atom is -0.459 e. The number of piperidine rings is 1. The molecule has 1 N–H and O–H groups in total. The molecule has 3 heterocycles. The molecular formula is C33H26F3N3O4S. The van der Waals surface area contributed by atoms with Gasteiger partial charge in [0, 0.05) is 30.0 Å². The summed E-state index contributed by atoms with van der Waals surface area (Å²) in [6.07, 6.45) is -3.17. The van der Waals surface area contributed by atoms with Gasteiger partial charge in [0.25, 0.3) is 11.8 Å². The molecule has 2 aromatic heterocycles. The van der Waals surface area contributed by atoms with Gasteiger partial charge < -0.3 is 14.6 Å². The second kappa shape index (κ2) is 11.7.